The number of aromatic amines is 3. The van der Waals surface area contributed by atoms with Crippen LogP contribution in [0.4, 0.5) is 17.6 Å². The van der Waals surface area contributed by atoms with Gasteiger partial charge in [-0.25, -0.2) is 24.2 Å². The van der Waals surface area contributed by atoms with Crippen LogP contribution >= 0.6 is 42.9 Å². The molecule has 0 spiro atoms. The van der Waals surface area contributed by atoms with E-state index < -0.39 is 191 Å². The van der Waals surface area contributed by atoms with Gasteiger partial charge in [0.1, 0.15) is 92.6 Å². The van der Waals surface area contributed by atoms with Gasteiger partial charge in [0.15, 0.2) is 30.4 Å². The molecule has 5 aliphatic rings. The Morgan fingerprint density at radius 2 is 1.18 bits per heavy atom. The van der Waals surface area contributed by atoms with Crippen molar-refractivity contribution in [1.29, 1.82) is 0 Å². The molecule has 5 aliphatic heterocycles. The summed E-state index contributed by atoms with van der Waals surface area (Å²) < 4.78 is 135. The quantitative estimate of drug-likeness (QED) is 0.0110. The van der Waals surface area contributed by atoms with Gasteiger partial charge in [0.05, 0.1) is 108 Å². The van der Waals surface area contributed by atoms with Gasteiger partial charge in [0.2, 0.25) is 11.9 Å². The zero-order valence-corrected chi connectivity index (χ0v) is 72.9. The lowest BCUT2D eigenvalue weighted by Crippen LogP contribution is -2.41. The molecule has 666 valence electrons. The van der Waals surface area contributed by atoms with E-state index in [2.05, 4.69) is 56.1 Å². The highest BCUT2D eigenvalue weighted by Gasteiger charge is 2.52. The molecule has 48 nitrogen and oxygen atoms in total. The van der Waals surface area contributed by atoms with Gasteiger partial charge >= 0.3 is 29.5 Å². The lowest BCUT2D eigenvalue weighted by Gasteiger charge is -2.36. The number of aliphatic hydroxyl groups is 1. The summed E-state index contributed by atoms with van der Waals surface area (Å²) in [7, 11) is 2.34. The zero-order chi connectivity index (χ0) is 86.7. The summed E-state index contributed by atoms with van der Waals surface area (Å²) in [4.78, 5) is 155. The number of anilines is 3. The first kappa shape index (κ1) is 95.1. The number of nitrogen functional groups attached to an aromatic ring is 3. The summed E-state index contributed by atoms with van der Waals surface area (Å²) >= 11 is 25.7. The summed E-state index contributed by atoms with van der Waals surface area (Å²) in [6, 6.07) is 2.69. The number of aromatic nitrogens is 12. The van der Waals surface area contributed by atoms with Crippen molar-refractivity contribution in [1.82, 2.24) is 63.0 Å². The minimum absolute atomic E-state index is 0.00255. The maximum atomic E-state index is 15.0. The second-order valence-corrected chi connectivity index (χ2v) is 39.6. The number of carbonyl (C=O) groups is 1. The Bertz CT molecular complexity index is 5210. The van der Waals surface area contributed by atoms with E-state index in [0.717, 1.165) is 27.0 Å². The molecule has 5 fully saturated rings. The van der Waals surface area contributed by atoms with Crippen LogP contribution < -0.4 is 77.5 Å². The number of rotatable bonds is 44. The Balaban J connectivity index is 0.820. The molecule has 11 heterocycles. The predicted octanol–water partition coefficient (Wildman–Crippen LogP) is -2.31. The zero-order valence-electron chi connectivity index (χ0n) is 64.5. The number of carbonyl (C=O) groups excluding carboxylic acids is 1. The summed E-state index contributed by atoms with van der Waals surface area (Å²) in [6.07, 6.45) is -16.1. The third-order valence-corrected chi connectivity index (χ3v) is 26.9. The van der Waals surface area contributed by atoms with E-state index in [1.165, 1.54) is 60.2 Å². The highest BCUT2D eigenvalue weighted by Crippen LogP contribution is 2.57. The largest absolute Gasteiger partial charge is 0.780 e. The van der Waals surface area contributed by atoms with E-state index in [-0.39, 0.29) is 129 Å². The molecule has 5 saturated heterocycles. The summed E-state index contributed by atoms with van der Waals surface area (Å²) in [5, 5.41) is 13.1. The van der Waals surface area contributed by atoms with Crippen LogP contribution in [0.15, 0.2) is 81.3 Å². The smallest absolute Gasteiger partial charge is 0.351 e. The maximum Gasteiger partial charge on any atom is 0.351 e. The average molecular weight is 1910 g/mol. The summed E-state index contributed by atoms with van der Waals surface area (Å²) in [5.41, 5.74) is 17.1. The second kappa shape index (κ2) is 42.2. The van der Waals surface area contributed by atoms with Crippen LogP contribution in [0.25, 0.3) is 11.2 Å². The lowest BCUT2D eigenvalue weighted by atomic mass is 9.89. The van der Waals surface area contributed by atoms with Crippen LogP contribution in [0.5, 0.6) is 0 Å². The Morgan fingerprint density at radius 3 is 1.83 bits per heavy atom. The minimum atomic E-state index is -5.05. The van der Waals surface area contributed by atoms with Crippen LogP contribution in [0.1, 0.15) is 76.2 Å². The van der Waals surface area contributed by atoms with E-state index in [1.54, 1.807) is 0 Å². The molecule has 0 aliphatic carbocycles. The van der Waals surface area contributed by atoms with Gasteiger partial charge in [-0.1, -0.05) is 37.5 Å². The molecular formula is C63H89BrN17O31P4S4-3. The first-order chi connectivity index (χ1) is 57.0. The number of nitrogens with two attached hydrogens (primary N) is 4. The van der Waals surface area contributed by atoms with Crippen molar-refractivity contribution in [2.24, 2.45) is 17.6 Å². The topological polar surface area (TPSA) is 635 Å². The first-order valence-electron chi connectivity index (χ1n) is 36.9. The van der Waals surface area contributed by atoms with Gasteiger partial charge in [-0.15, -0.1) is 0 Å². The average Bonchev–Trinajstić information content (AvgIpc) is 1.63. The number of ether oxygens (including phenoxy) is 10. The van der Waals surface area contributed by atoms with Crippen LogP contribution in [0.2, 0.25) is 0 Å². The van der Waals surface area contributed by atoms with Crippen molar-refractivity contribution < 1.29 is 112 Å². The van der Waals surface area contributed by atoms with Crippen molar-refractivity contribution in [3.63, 3.8) is 0 Å². The Morgan fingerprint density at radius 1 is 0.633 bits per heavy atom. The number of amides is 1. The molecule has 21 atom stereocenters. The molecule has 0 aromatic carbocycles. The van der Waals surface area contributed by atoms with E-state index in [1.807, 2.05) is 13.8 Å². The SMILES string of the molecule is CO[C@H]1C(OP(=O)([S-])OC[C@H]2O[C@@H](n3cnc4c(=O)[nH]c(N)nc43)CC2OP([O-])(=S)OC[C@H]2O[C@@H](n3cc(C)c(=O)[nH]c3=O)CC2OP(=S)(OCCOCCOCCNC(=O)CCOCCN)OC[C@H]2O[C@@H](n3ccc(N)nc3=O)CC2C(C)C)[C@@H](COP([O-])(=S)OC2[C@@H](CO)O[C@@H](n3cc(Br)c(=O)[nH]c3=O)[C@H]2OC)O[C@H]1n1ccc(N)nc1=O. The first-order valence-corrected chi connectivity index (χ1v) is 47.9. The summed E-state index contributed by atoms with van der Waals surface area (Å²) in [5.74, 6) is -1.06. The monoisotopic (exact) mass is 1910 g/mol. The fourth-order valence-corrected chi connectivity index (χ4v) is 20.3. The molecule has 0 saturated carbocycles. The highest BCUT2D eigenvalue weighted by molar-refractivity contribution is 9.10. The fraction of sp³-hybridized carbons (Fsp3) is 0.651. The number of halogens is 1. The van der Waals surface area contributed by atoms with Crippen molar-refractivity contribution in [2.45, 2.75) is 145 Å². The number of H-pyrrole nitrogens is 3. The predicted molar refractivity (Wildman–Crippen MR) is 430 cm³/mol. The van der Waals surface area contributed by atoms with E-state index in [0.29, 0.717) is 19.6 Å². The van der Waals surface area contributed by atoms with Crippen LogP contribution in [-0.4, -0.2) is 242 Å². The highest BCUT2D eigenvalue weighted by atomic mass is 79.9. The van der Waals surface area contributed by atoms with Gasteiger partial charge in [0, 0.05) is 76.9 Å². The van der Waals surface area contributed by atoms with E-state index in [4.69, 9.17) is 159 Å². The van der Waals surface area contributed by atoms with Crippen LogP contribution in [0.3, 0.4) is 0 Å². The molecular weight excluding hydrogens is 1820 g/mol. The van der Waals surface area contributed by atoms with Gasteiger partial charge in [-0.2, -0.15) is 15.0 Å². The van der Waals surface area contributed by atoms with E-state index >= 15 is 4.89 Å². The minimum Gasteiger partial charge on any atom is -0.780 e. The van der Waals surface area contributed by atoms with E-state index in [9.17, 15) is 52.9 Å². The molecule has 11 rings (SSSR count). The van der Waals surface area contributed by atoms with Gasteiger partial charge in [-0.3, -0.25) is 61.5 Å². The number of fused-ring (bicyclic) bond motifs is 1. The third kappa shape index (κ3) is 24.4. The summed E-state index contributed by atoms with van der Waals surface area (Å²) in [6.45, 7) is -16.3. The molecule has 9 unspecified atom stereocenters. The number of nitrogens with zero attached hydrogens (tertiary/aromatic N) is 9. The normalized spacial score (nSPS) is 27.8. The number of aryl methyl sites for hydroxylation is 1. The number of imidazole rings is 1. The number of hydrogen-bond acceptors (Lipinski definition) is 43. The Labute approximate surface area is 708 Å². The second-order valence-electron chi connectivity index (χ2n) is 27.7. The Kier molecular flexibility index (Phi) is 33.4. The standard InChI is InChI=1S/C63H92BrN17O31P4S4/c1-31(2)33-20-45(77-11-6-42(66)71-60(77)87)104-38(33)26-103-116(120,99-19-18-98-17-16-97-15-10-69-44(83)8-13-96-14-9-65)110-36-22-46(79-23-32(3)54(84)75-62(79)89)105-40(36)28-100-113(91,117)109-35-21-47(81-30-70-48-53(81)73-59(68)74-56(48)86)106-39(35)27-101-114(92,118)112-50-41(108-57(52(50)95-5)78-12-7-43(67)72-61(78)88)29-102-115(93,119)111-49-37(25-82)107-58(51(49)94-4)80-24-34(64)55(85)76-63(80)90/h6-7,11-12,23-24,30-31,33,35-41,45-47,49-52,57-58,82H,8-10,13-22,25-29,65H2,1-5H3,(H,69,83)(H,91,117)(H,92,118)(H,93,119)(H2,66,71,87)(H2,67,72,88)(H,75,84,89)(H,76,85,90)(H3,68,73,74,86)/p-3/t33?,35?,36?,37-,38-,39-,40-,41-,45-,46-,47-,49?,50?,51+,52+,57-,58-,113?,114?,115?,116?/m1/s1. The van der Waals surface area contributed by atoms with Crippen molar-refractivity contribution in [2.75, 3.05) is 124 Å². The molecule has 6 aromatic rings. The number of methoxy groups -OCH3 is 2. The lowest BCUT2D eigenvalue weighted by molar-refractivity contribution is -0.218. The number of hydrogen-bond donors (Lipinski definition) is 9. The van der Waals surface area contributed by atoms with Crippen LogP contribution in [-0.2, 0) is 145 Å². The van der Waals surface area contributed by atoms with Crippen molar-refractivity contribution in [3.8, 4) is 0 Å². The molecule has 120 heavy (non-hydrogen) atoms. The van der Waals surface area contributed by atoms with Gasteiger partial charge in [0.25, 0.3) is 16.7 Å². The van der Waals surface area contributed by atoms with Crippen molar-refractivity contribution in [3.05, 3.63) is 126 Å². The van der Waals surface area contributed by atoms with Gasteiger partial charge < -0.3 is 143 Å². The molecule has 0 radical (unpaired) electrons. The molecule has 6 aromatic heterocycles. The van der Waals surface area contributed by atoms with Gasteiger partial charge in [-0.05, 0) is 65.0 Å². The number of aliphatic hydroxyl groups excluding tert-OH is 1. The Hall–Kier alpha value is -5.57. The molecule has 1 amide bonds. The van der Waals surface area contributed by atoms with Crippen molar-refractivity contribution >= 4 is 125 Å². The third-order valence-electron chi connectivity index (χ3n) is 19.3. The molecule has 0 bridgehead atoms. The van der Waals surface area contributed by atoms with Crippen LogP contribution in [0, 0.1) is 18.8 Å². The fourth-order valence-electron chi connectivity index (χ4n) is 13.5. The molecule has 57 heteroatoms. The molecule has 13 N–H and O–H groups in total. The maximum absolute atomic E-state index is 15.0. The number of nitrogens with one attached hydrogen (secondary N) is 4.